The van der Waals surface area contributed by atoms with Gasteiger partial charge in [-0.15, -0.1) is 10.2 Å². The van der Waals surface area contributed by atoms with Crippen molar-refractivity contribution < 1.29 is 4.39 Å². The van der Waals surface area contributed by atoms with Crippen molar-refractivity contribution in [1.29, 1.82) is 0 Å². The first-order chi connectivity index (χ1) is 14.0. The molecule has 0 saturated heterocycles. The van der Waals surface area contributed by atoms with E-state index in [0.717, 1.165) is 27.8 Å². The molecule has 3 nitrogen and oxygen atoms in total. The van der Waals surface area contributed by atoms with Gasteiger partial charge in [-0.25, -0.2) is 4.39 Å². The zero-order chi connectivity index (χ0) is 20.4. The molecule has 0 spiro atoms. The highest BCUT2D eigenvalue weighted by Gasteiger charge is 2.17. The van der Waals surface area contributed by atoms with Gasteiger partial charge < -0.3 is 0 Å². The molecule has 3 aromatic carbocycles. The van der Waals surface area contributed by atoms with Crippen molar-refractivity contribution in [3.05, 3.63) is 94.3 Å². The standard InChI is InChI=1S/C23H19ClFN3S/c1-15-3-12-21(13-16(15)2)28-22(18-6-8-19(24)9-7-18)26-27-23(28)29-14-17-4-10-20(25)11-5-17/h3-13H,14H2,1-2H3. The smallest absolute Gasteiger partial charge is 0.196 e. The number of halogens is 2. The van der Waals surface area contributed by atoms with E-state index in [1.807, 2.05) is 24.3 Å². The third kappa shape index (κ3) is 4.36. The summed E-state index contributed by atoms with van der Waals surface area (Å²) in [6, 6.07) is 20.4. The van der Waals surface area contributed by atoms with Crippen LogP contribution in [-0.4, -0.2) is 14.8 Å². The fourth-order valence-corrected chi connectivity index (χ4v) is 4.01. The summed E-state index contributed by atoms with van der Waals surface area (Å²) in [7, 11) is 0. The lowest BCUT2D eigenvalue weighted by molar-refractivity contribution is 0.627. The van der Waals surface area contributed by atoms with Crippen LogP contribution in [0.5, 0.6) is 0 Å². The lowest BCUT2D eigenvalue weighted by Crippen LogP contribution is -2.01. The average molecular weight is 424 g/mol. The number of aryl methyl sites for hydroxylation is 2. The lowest BCUT2D eigenvalue weighted by atomic mass is 10.1. The molecule has 0 aliphatic rings. The number of nitrogens with zero attached hydrogens (tertiary/aromatic N) is 3. The second-order valence-electron chi connectivity index (χ2n) is 6.83. The quantitative estimate of drug-likeness (QED) is 0.337. The highest BCUT2D eigenvalue weighted by molar-refractivity contribution is 7.98. The van der Waals surface area contributed by atoms with Crippen molar-refractivity contribution in [3.63, 3.8) is 0 Å². The molecule has 1 aromatic heterocycles. The minimum absolute atomic E-state index is 0.234. The Morgan fingerprint density at radius 2 is 1.62 bits per heavy atom. The van der Waals surface area contributed by atoms with Crippen molar-refractivity contribution in [2.75, 3.05) is 0 Å². The maximum Gasteiger partial charge on any atom is 0.196 e. The second kappa shape index (κ2) is 8.39. The molecule has 0 aliphatic carbocycles. The lowest BCUT2D eigenvalue weighted by Gasteiger charge is -2.12. The highest BCUT2D eigenvalue weighted by Crippen LogP contribution is 2.31. The van der Waals surface area contributed by atoms with Crippen LogP contribution in [0.1, 0.15) is 16.7 Å². The van der Waals surface area contributed by atoms with Crippen molar-refractivity contribution in [2.24, 2.45) is 0 Å². The van der Waals surface area contributed by atoms with Crippen molar-refractivity contribution in [1.82, 2.24) is 14.8 Å². The molecule has 0 fully saturated rings. The van der Waals surface area contributed by atoms with E-state index >= 15 is 0 Å². The highest BCUT2D eigenvalue weighted by atomic mass is 35.5. The minimum atomic E-state index is -0.234. The number of aromatic nitrogens is 3. The third-order valence-electron chi connectivity index (χ3n) is 4.77. The molecule has 0 unspecified atom stereocenters. The van der Waals surface area contributed by atoms with Crippen LogP contribution in [0.25, 0.3) is 17.1 Å². The molecule has 0 N–H and O–H groups in total. The fourth-order valence-electron chi connectivity index (χ4n) is 2.98. The molecule has 4 rings (SSSR count). The molecular weight excluding hydrogens is 405 g/mol. The third-order valence-corrected chi connectivity index (χ3v) is 6.02. The van der Waals surface area contributed by atoms with Gasteiger partial charge in [0.05, 0.1) is 5.69 Å². The minimum Gasteiger partial charge on any atom is -0.270 e. The summed E-state index contributed by atoms with van der Waals surface area (Å²) in [5, 5.41) is 10.4. The van der Waals surface area contributed by atoms with Gasteiger partial charge in [0.15, 0.2) is 11.0 Å². The molecule has 0 atom stereocenters. The molecule has 0 aliphatic heterocycles. The predicted octanol–water partition coefficient (Wildman–Crippen LogP) is 6.64. The van der Waals surface area contributed by atoms with Gasteiger partial charge in [0.25, 0.3) is 0 Å². The normalized spacial score (nSPS) is 11.0. The van der Waals surface area contributed by atoms with Crippen LogP contribution in [0.2, 0.25) is 5.02 Å². The molecular formula is C23H19ClFN3S. The number of rotatable bonds is 5. The van der Waals surface area contributed by atoms with E-state index in [1.165, 1.54) is 23.3 Å². The van der Waals surface area contributed by atoms with Gasteiger partial charge in [0.1, 0.15) is 5.82 Å². The summed E-state index contributed by atoms with van der Waals surface area (Å²) >= 11 is 7.62. The number of hydrogen-bond donors (Lipinski definition) is 0. The summed E-state index contributed by atoms with van der Waals surface area (Å²) in [5.74, 6) is 1.19. The molecule has 146 valence electrons. The van der Waals surface area contributed by atoms with Gasteiger partial charge in [0.2, 0.25) is 0 Å². The van der Waals surface area contributed by atoms with Crippen LogP contribution in [0.4, 0.5) is 4.39 Å². The first-order valence-electron chi connectivity index (χ1n) is 9.17. The Bertz CT molecular complexity index is 1140. The Hall–Kier alpha value is -2.63. The van der Waals surface area contributed by atoms with Crippen molar-refractivity contribution in [2.45, 2.75) is 24.8 Å². The average Bonchev–Trinajstić information content (AvgIpc) is 3.14. The maximum absolute atomic E-state index is 13.2. The Labute approximate surface area is 178 Å². The second-order valence-corrected chi connectivity index (χ2v) is 8.21. The van der Waals surface area contributed by atoms with Crippen LogP contribution in [-0.2, 0) is 5.75 Å². The molecule has 0 radical (unpaired) electrons. The number of thioether (sulfide) groups is 1. The first-order valence-corrected chi connectivity index (χ1v) is 10.5. The van der Waals surface area contributed by atoms with Crippen molar-refractivity contribution >= 4 is 23.4 Å². The number of benzene rings is 3. The van der Waals surface area contributed by atoms with Crippen LogP contribution in [0.15, 0.2) is 71.9 Å². The van der Waals surface area contributed by atoms with Crippen LogP contribution < -0.4 is 0 Å². The first kappa shape index (κ1) is 19.7. The van der Waals surface area contributed by atoms with E-state index in [2.05, 4.69) is 46.8 Å². The summed E-state index contributed by atoms with van der Waals surface area (Å²) in [4.78, 5) is 0. The van der Waals surface area contributed by atoms with E-state index in [1.54, 1.807) is 23.9 Å². The fraction of sp³-hybridized carbons (Fsp3) is 0.130. The van der Waals surface area contributed by atoms with E-state index in [-0.39, 0.29) is 5.82 Å². The molecule has 0 bridgehead atoms. The zero-order valence-corrected chi connectivity index (χ0v) is 17.6. The molecule has 1 heterocycles. The van der Waals surface area contributed by atoms with Crippen LogP contribution >= 0.6 is 23.4 Å². The van der Waals surface area contributed by atoms with Crippen LogP contribution in [0, 0.1) is 19.7 Å². The Morgan fingerprint density at radius 1 is 0.897 bits per heavy atom. The summed E-state index contributed by atoms with van der Waals surface area (Å²) in [6.07, 6.45) is 0. The van der Waals surface area contributed by atoms with E-state index < -0.39 is 0 Å². The van der Waals surface area contributed by atoms with E-state index in [4.69, 9.17) is 11.6 Å². The van der Waals surface area contributed by atoms with Gasteiger partial charge in [0, 0.05) is 16.3 Å². The Kier molecular flexibility index (Phi) is 5.69. The van der Waals surface area contributed by atoms with Crippen molar-refractivity contribution in [3.8, 4) is 17.1 Å². The van der Waals surface area contributed by atoms with Crippen LogP contribution in [0.3, 0.4) is 0 Å². The molecule has 0 amide bonds. The van der Waals surface area contributed by atoms with Gasteiger partial charge in [-0.1, -0.05) is 41.6 Å². The monoisotopic (exact) mass is 423 g/mol. The maximum atomic E-state index is 13.2. The Balaban J connectivity index is 1.75. The molecule has 0 saturated carbocycles. The SMILES string of the molecule is Cc1ccc(-n2c(SCc3ccc(F)cc3)nnc2-c2ccc(Cl)cc2)cc1C. The molecule has 4 aromatic rings. The zero-order valence-electron chi connectivity index (χ0n) is 16.1. The van der Waals surface area contributed by atoms with E-state index in [9.17, 15) is 4.39 Å². The van der Waals surface area contributed by atoms with Gasteiger partial charge >= 0.3 is 0 Å². The predicted molar refractivity (Wildman–Crippen MR) is 117 cm³/mol. The van der Waals surface area contributed by atoms with Gasteiger partial charge in [-0.05, 0) is 79.1 Å². The summed E-state index contributed by atoms with van der Waals surface area (Å²) in [6.45, 7) is 4.19. The topological polar surface area (TPSA) is 30.7 Å². The summed E-state index contributed by atoms with van der Waals surface area (Å²) in [5.41, 5.74) is 5.40. The van der Waals surface area contributed by atoms with Gasteiger partial charge in [-0.2, -0.15) is 0 Å². The van der Waals surface area contributed by atoms with E-state index in [0.29, 0.717) is 10.8 Å². The summed E-state index contributed by atoms with van der Waals surface area (Å²) < 4.78 is 15.2. The molecule has 29 heavy (non-hydrogen) atoms. The molecule has 6 heteroatoms. The van der Waals surface area contributed by atoms with Gasteiger partial charge in [-0.3, -0.25) is 4.57 Å². The Morgan fingerprint density at radius 3 is 2.31 bits per heavy atom. The number of hydrogen-bond acceptors (Lipinski definition) is 3. The largest absolute Gasteiger partial charge is 0.270 e.